The molecule has 1 saturated heterocycles. The Kier molecular flexibility index (Phi) is 6.84. The maximum atomic E-state index is 12.4. The van der Waals surface area contributed by atoms with Crippen molar-refractivity contribution < 1.29 is 17.9 Å². The number of benzene rings is 1. The maximum Gasteiger partial charge on any atom is 0.223 e. The number of hydrogen-bond acceptors (Lipinski definition) is 4. The van der Waals surface area contributed by atoms with Crippen molar-refractivity contribution in [3.8, 4) is 5.75 Å². The minimum Gasteiger partial charge on any atom is -0.491 e. The summed E-state index contributed by atoms with van der Waals surface area (Å²) in [5, 5.41) is 2.97. The lowest BCUT2D eigenvalue weighted by molar-refractivity contribution is -0.126. The van der Waals surface area contributed by atoms with Gasteiger partial charge in [-0.15, -0.1) is 0 Å². The van der Waals surface area contributed by atoms with Gasteiger partial charge in [-0.25, -0.2) is 12.7 Å². The summed E-state index contributed by atoms with van der Waals surface area (Å²) in [5.74, 6) is 0.737. The van der Waals surface area contributed by atoms with Crippen molar-refractivity contribution in [3.63, 3.8) is 0 Å². The van der Waals surface area contributed by atoms with Gasteiger partial charge < -0.3 is 10.1 Å². The van der Waals surface area contributed by atoms with E-state index in [1.807, 2.05) is 38.1 Å². The fourth-order valence-corrected chi connectivity index (χ4v) is 3.97. The lowest BCUT2D eigenvalue weighted by Crippen LogP contribution is -2.46. The Balaban J connectivity index is 1.75. The number of amides is 1. The first-order valence-corrected chi connectivity index (χ1v) is 10.4. The fraction of sp³-hybridized carbons (Fsp3) is 0.611. The predicted molar refractivity (Wildman–Crippen MR) is 98.0 cm³/mol. The first-order chi connectivity index (χ1) is 11.8. The molecule has 1 heterocycles. The number of nitrogens with zero attached hydrogens (tertiary/aromatic N) is 1. The van der Waals surface area contributed by atoms with Gasteiger partial charge in [-0.3, -0.25) is 4.79 Å². The number of ether oxygens (including phenoxy) is 1. The highest BCUT2D eigenvalue weighted by atomic mass is 32.2. The molecule has 1 aromatic carbocycles. The van der Waals surface area contributed by atoms with E-state index < -0.39 is 10.0 Å². The molecule has 0 saturated carbocycles. The summed E-state index contributed by atoms with van der Waals surface area (Å²) < 4.78 is 30.9. The van der Waals surface area contributed by atoms with Gasteiger partial charge in [0.2, 0.25) is 15.9 Å². The first-order valence-electron chi connectivity index (χ1n) is 8.79. The number of aryl methyl sites for hydroxylation is 1. The smallest absolute Gasteiger partial charge is 0.223 e. The number of carbonyl (C=O) groups is 1. The van der Waals surface area contributed by atoms with Gasteiger partial charge in [0.15, 0.2) is 0 Å². The predicted octanol–water partition coefficient (Wildman–Crippen LogP) is 1.94. The second kappa shape index (κ2) is 8.67. The molecule has 1 aromatic rings. The zero-order chi connectivity index (χ0) is 18.4. The van der Waals surface area contributed by atoms with Gasteiger partial charge in [-0.2, -0.15) is 0 Å². The van der Waals surface area contributed by atoms with Crippen LogP contribution in [0.4, 0.5) is 0 Å². The minimum absolute atomic E-state index is 0.0199. The van der Waals surface area contributed by atoms with Crippen LogP contribution in [0, 0.1) is 12.8 Å². The Bertz CT molecular complexity index is 665. The summed E-state index contributed by atoms with van der Waals surface area (Å²) in [5.41, 5.74) is 1.17. The third-order valence-corrected chi connectivity index (χ3v) is 6.37. The molecule has 1 N–H and O–H groups in total. The molecule has 1 fully saturated rings. The van der Waals surface area contributed by atoms with Gasteiger partial charge in [0.05, 0.1) is 11.8 Å². The molecule has 1 unspecified atom stereocenters. The molecule has 1 aliphatic heterocycles. The van der Waals surface area contributed by atoms with Crippen molar-refractivity contribution in [1.82, 2.24) is 9.62 Å². The van der Waals surface area contributed by atoms with Crippen molar-refractivity contribution in [2.45, 2.75) is 39.7 Å². The van der Waals surface area contributed by atoms with E-state index in [4.69, 9.17) is 4.74 Å². The monoisotopic (exact) mass is 368 g/mol. The quantitative estimate of drug-likeness (QED) is 0.798. The molecular weight excluding hydrogens is 340 g/mol. The Hall–Kier alpha value is -1.60. The highest BCUT2D eigenvalue weighted by Crippen LogP contribution is 2.20. The van der Waals surface area contributed by atoms with Crippen LogP contribution < -0.4 is 10.1 Å². The molecule has 6 nitrogen and oxygen atoms in total. The van der Waals surface area contributed by atoms with Crippen molar-refractivity contribution in [2.75, 3.05) is 25.4 Å². The summed E-state index contributed by atoms with van der Waals surface area (Å²) in [4.78, 5) is 12.4. The largest absolute Gasteiger partial charge is 0.491 e. The van der Waals surface area contributed by atoms with Gasteiger partial charge in [-0.05, 0) is 45.7 Å². The molecule has 140 valence electrons. The van der Waals surface area contributed by atoms with Crippen molar-refractivity contribution in [2.24, 2.45) is 5.92 Å². The highest BCUT2D eigenvalue weighted by molar-refractivity contribution is 7.89. The van der Waals surface area contributed by atoms with Gasteiger partial charge in [-0.1, -0.05) is 17.7 Å². The average molecular weight is 368 g/mol. The third-order valence-electron chi connectivity index (χ3n) is 4.49. The van der Waals surface area contributed by atoms with Gasteiger partial charge in [0.1, 0.15) is 12.4 Å². The SMILES string of the molecule is CCS(=O)(=O)N1CCC(C(=O)NC(C)COc2ccc(C)cc2)CC1. The Morgan fingerprint density at radius 3 is 2.44 bits per heavy atom. The first kappa shape index (κ1) is 19.7. The third kappa shape index (κ3) is 5.71. The molecular formula is C18H28N2O4S. The molecule has 1 atom stereocenters. The Morgan fingerprint density at radius 2 is 1.88 bits per heavy atom. The topological polar surface area (TPSA) is 75.7 Å². The van der Waals surface area contributed by atoms with Crippen molar-refractivity contribution in [1.29, 1.82) is 0 Å². The highest BCUT2D eigenvalue weighted by Gasteiger charge is 2.30. The van der Waals surface area contributed by atoms with E-state index in [9.17, 15) is 13.2 Å². The number of rotatable bonds is 7. The van der Waals surface area contributed by atoms with Crippen LogP contribution in [0.3, 0.4) is 0 Å². The van der Waals surface area contributed by atoms with E-state index in [1.165, 1.54) is 9.87 Å². The maximum absolute atomic E-state index is 12.4. The number of nitrogens with one attached hydrogen (secondary N) is 1. The summed E-state index contributed by atoms with van der Waals surface area (Å²) in [7, 11) is -3.15. The van der Waals surface area contributed by atoms with Gasteiger partial charge in [0.25, 0.3) is 0 Å². The summed E-state index contributed by atoms with van der Waals surface area (Å²) in [6.07, 6.45) is 1.13. The van der Waals surface area contributed by atoms with Gasteiger partial charge >= 0.3 is 0 Å². The van der Waals surface area contributed by atoms with Crippen LogP contribution in [-0.2, 0) is 14.8 Å². The average Bonchev–Trinajstić information content (AvgIpc) is 2.61. The molecule has 25 heavy (non-hydrogen) atoms. The standard InChI is InChI=1S/C18H28N2O4S/c1-4-25(22,23)20-11-9-16(10-12-20)18(21)19-15(3)13-24-17-7-5-14(2)6-8-17/h5-8,15-16H,4,9-13H2,1-3H3,(H,19,21). The normalized spacial score (nSPS) is 17.9. The Labute approximate surface area is 150 Å². The van der Waals surface area contributed by atoms with Crippen LogP contribution in [0.2, 0.25) is 0 Å². The number of piperidine rings is 1. The van der Waals surface area contributed by atoms with E-state index in [-0.39, 0.29) is 23.6 Å². The van der Waals surface area contributed by atoms with E-state index in [0.717, 1.165) is 5.75 Å². The van der Waals surface area contributed by atoms with Crippen LogP contribution in [0.25, 0.3) is 0 Å². The van der Waals surface area contributed by atoms with E-state index >= 15 is 0 Å². The molecule has 0 aromatic heterocycles. The van der Waals surface area contributed by atoms with Crippen LogP contribution in [-0.4, -0.2) is 50.1 Å². The number of hydrogen-bond donors (Lipinski definition) is 1. The lowest BCUT2D eigenvalue weighted by Gasteiger charge is -2.30. The zero-order valence-electron chi connectivity index (χ0n) is 15.2. The Morgan fingerprint density at radius 1 is 1.28 bits per heavy atom. The fourth-order valence-electron chi connectivity index (χ4n) is 2.84. The van der Waals surface area contributed by atoms with Crippen LogP contribution in [0.5, 0.6) is 5.75 Å². The summed E-state index contributed by atoms with van der Waals surface area (Å²) in [6, 6.07) is 7.68. The lowest BCUT2D eigenvalue weighted by atomic mass is 9.97. The summed E-state index contributed by atoms with van der Waals surface area (Å²) in [6.45, 7) is 6.80. The molecule has 7 heteroatoms. The number of carbonyl (C=O) groups excluding carboxylic acids is 1. The molecule has 1 amide bonds. The van der Waals surface area contributed by atoms with E-state index in [0.29, 0.717) is 32.5 Å². The second-order valence-corrected chi connectivity index (χ2v) is 8.87. The summed E-state index contributed by atoms with van der Waals surface area (Å²) >= 11 is 0. The van der Waals surface area contributed by atoms with Gasteiger partial charge in [0, 0.05) is 19.0 Å². The zero-order valence-corrected chi connectivity index (χ0v) is 16.0. The molecule has 0 radical (unpaired) electrons. The van der Waals surface area contributed by atoms with Crippen molar-refractivity contribution >= 4 is 15.9 Å². The van der Waals surface area contributed by atoms with Crippen LogP contribution in [0.15, 0.2) is 24.3 Å². The van der Waals surface area contributed by atoms with Crippen LogP contribution in [0.1, 0.15) is 32.3 Å². The minimum atomic E-state index is -3.15. The van der Waals surface area contributed by atoms with E-state index in [1.54, 1.807) is 6.92 Å². The molecule has 0 aliphatic carbocycles. The second-order valence-electron chi connectivity index (χ2n) is 6.61. The molecule has 0 bridgehead atoms. The molecule has 2 rings (SSSR count). The van der Waals surface area contributed by atoms with Crippen LogP contribution >= 0.6 is 0 Å². The molecule has 0 spiro atoms. The van der Waals surface area contributed by atoms with Crippen molar-refractivity contribution in [3.05, 3.63) is 29.8 Å². The molecule has 1 aliphatic rings. The number of sulfonamides is 1. The van der Waals surface area contributed by atoms with E-state index in [2.05, 4.69) is 5.32 Å².